The van der Waals surface area contributed by atoms with E-state index in [2.05, 4.69) is 31.1 Å². The van der Waals surface area contributed by atoms with E-state index >= 15 is 0 Å². The average Bonchev–Trinajstić information content (AvgIpc) is 3.01. The van der Waals surface area contributed by atoms with E-state index in [0.29, 0.717) is 17.4 Å². The van der Waals surface area contributed by atoms with Crippen molar-refractivity contribution in [3.63, 3.8) is 0 Å². The van der Waals surface area contributed by atoms with Crippen LogP contribution in [0.3, 0.4) is 0 Å². The summed E-state index contributed by atoms with van der Waals surface area (Å²) in [6, 6.07) is 9.32. The number of benzene rings is 1. The van der Waals surface area contributed by atoms with Crippen molar-refractivity contribution < 1.29 is 4.52 Å². The number of nitrogens with zero attached hydrogens (tertiary/aromatic N) is 2. The highest BCUT2D eigenvalue weighted by Gasteiger charge is 2.14. The molecule has 6 heteroatoms. The van der Waals surface area contributed by atoms with Gasteiger partial charge in [0.1, 0.15) is 0 Å². The summed E-state index contributed by atoms with van der Waals surface area (Å²) < 4.78 is 6.03. The van der Waals surface area contributed by atoms with Crippen molar-refractivity contribution in [3.8, 4) is 23.0 Å². The fraction of sp³-hybridized carbons (Fsp3) is 0. The van der Waals surface area contributed by atoms with E-state index in [1.807, 2.05) is 30.3 Å². The summed E-state index contributed by atoms with van der Waals surface area (Å²) in [6.07, 6.45) is 1.80. The Morgan fingerprint density at radius 3 is 2.89 bits per heavy atom. The molecule has 0 saturated carbocycles. The molecule has 2 aromatic heterocycles. The van der Waals surface area contributed by atoms with Gasteiger partial charge in [0.2, 0.25) is 5.82 Å². The number of halogens is 1. The molecular formula is C12H9BrN4O. The molecule has 0 aliphatic heterocycles. The standard InChI is InChI=1S/C12H9BrN4O/c13-8-4-1-3-7(10(8)14)12-16-11(17-18-12)9-5-2-6-15-9/h1-6,15H,14H2. The number of rotatable bonds is 2. The molecule has 1 aromatic carbocycles. The van der Waals surface area contributed by atoms with Crippen LogP contribution in [0.25, 0.3) is 23.0 Å². The first kappa shape index (κ1) is 11.0. The highest BCUT2D eigenvalue weighted by Crippen LogP contribution is 2.31. The second kappa shape index (κ2) is 4.30. The largest absolute Gasteiger partial charge is 0.397 e. The van der Waals surface area contributed by atoms with Gasteiger partial charge in [0.05, 0.1) is 16.9 Å². The van der Waals surface area contributed by atoms with Crippen LogP contribution in [-0.4, -0.2) is 15.1 Å². The molecule has 0 amide bonds. The lowest BCUT2D eigenvalue weighted by molar-refractivity contribution is 0.432. The lowest BCUT2D eigenvalue weighted by Gasteiger charge is -2.01. The van der Waals surface area contributed by atoms with Crippen LogP contribution in [0.1, 0.15) is 0 Å². The molecule has 0 bridgehead atoms. The number of aromatic nitrogens is 3. The Balaban J connectivity index is 2.06. The lowest BCUT2D eigenvalue weighted by Crippen LogP contribution is -1.91. The topological polar surface area (TPSA) is 80.7 Å². The molecule has 5 nitrogen and oxygen atoms in total. The van der Waals surface area contributed by atoms with E-state index in [-0.39, 0.29) is 0 Å². The number of nitrogens with two attached hydrogens (primary N) is 1. The van der Waals surface area contributed by atoms with E-state index in [0.717, 1.165) is 15.7 Å². The molecule has 90 valence electrons. The van der Waals surface area contributed by atoms with E-state index in [1.54, 1.807) is 6.20 Å². The summed E-state index contributed by atoms with van der Waals surface area (Å²) in [4.78, 5) is 7.33. The number of nitrogens with one attached hydrogen (secondary N) is 1. The number of nitrogen functional groups attached to an aromatic ring is 1. The first-order chi connectivity index (χ1) is 8.75. The van der Waals surface area contributed by atoms with Crippen molar-refractivity contribution in [2.45, 2.75) is 0 Å². The van der Waals surface area contributed by atoms with Crippen LogP contribution >= 0.6 is 15.9 Å². The minimum absolute atomic E-state index is 0.401. The normalized spacial score (nSPS) is 10.7. The Morgan fingerprint density at radius 1 is 1.22 bits per heavy atom. The lowest BCUT2D eigenvalue weighted by atomic mass is 10.2. The van der Waals surface area contributed by atoms with E-state index in [1.165, 1.54) is 0 Å². The Kier molecular flexibility index (Phi) is 2.64. The third-order valence-electron chi connectivity index (χ3n) is 2.55. The van der Waals surface area contributed by atoms with Crippen LogP contribution in [0, 0.1) is 0 Å². The van der Waals surface area contributed by atoms with Crippen molar-refractivity contribution >= 4 is 21.6 Å². The second-order valence-corrected chi connectivity index (χ2v) is 4.56. The SMILES string of the molecule is Nc1c(Br)cccc1-c1nc(-c2ccc[nH]2)no1. The van der Waals surface area contributed by atoms with Crippen LogP contribution in [0.2, 0.25) is 0 Å². The molecule has 0 spiro atoms. The van der Waals surface area contributed by atoms with Gasteiger partial charge in [-0.1, -0.05) is 11.2 Å². The van der Waals surface area contributed by atoms with Gasteiger partial charge in [0.25, 0.3) is 5.89 Å². The Bertz CT molecular complexity index is 675. The predicted molar refractivity (Wildman–Crippen MR) is 71.6 cm³/mol. The van der Waals surface area contributed by atoms with Crippen LogP contribution in [0.4, 0.5) is 5.69 Å². The monoisotopic (exact) mass is 304 g/mol. The summed E-state index contributed by atoms with van der Waals surface area (Å²) in [5.74, 6) is 0.910. The van der Waals surface area contributed by atoms with Crippen LogP contribution in [0.5, 0.6) is 0 Å². The molecule has 0 unspecified atom stereocenters. The summed E-state index contributed by atoms with van der Waals surface area (Å²) in [6.45, 7) is 0. The minimum Gasteiger partial charge on any atom is -0.397 e. The Morgan fingerprint density at radius 2 is 2.11 bits per heavy atom. The molecular weight excluding hydrogens is 296 g/mol. The van der Waals surface area contributed by atoms with E-state index < -0.39 is 0 Å². The number of para-hydroxylation sites is 1. The van der Waals surface area contributed by atoms with Crippen molar-refractivity contribution in [1.82, 2.24) is 15.1 Å². The smallest absolute Gasteiger partial charge is 0.260 e. The summed E-state index contributed by atoms with van der Waals surface area (Å²) in [7, 11) is 0. The van der Waals surface area contributed by atoms with Crippen molar-refractivity contribution in [1.29, 1.82) is 0 Å². The molecule has 0 radical (unpaired) electrons. The Hall–Kier alpha value is -2.08. The minimum atomic E-state index is 0.401. The first-order valence-electron chi connectivity index (χ1n) is 5.27. The molecule has 0 saturated heterocycles. The fourth-order valence-electron chi connectivity index (χ4n) is 1.64. The number of anilines is 1. The summed E-state index contributed by atoms with van der Waals surface area (Å²) in [5, 5.41) is 3.92. The molecule has 3 N–H and O–H groups in total. The van der Waals surface area contributed by atoms with Gasteiger partial charge in [0, 0.05) is 10.7 Å². The molecule has 2 heterocycles. The third kappa shape index (κ3) is 1.80. The highest BCUT2D eigenvalue weighted by molar-refractivity contribution is 9.10. The van der Waals surface area contributed by atoms with Crippen molar-refractivity contribution in [2.24, 2.45) is 0 Å². The number of H-pyrrole nitrogens is 1. The van der Waals surface area contributed by atoms with Gasteiger partial charge in [-0.05, 0) is 40.2 Å². The third-order valence-corrected chi connectivity index (χ3v) is 3.24. The molecule has 3 aromatic rings. The Labute approximate surface area is 111 Å². The van der Waals surface area contributed by atoms with Crippen LogP contribution in [0.15, 0.2) is 45.5 Å². The van der Waals surface area contributed by atoms with Crippen LogP contribution < -0.4 is 5.73 Å². The van der Waals surface area contributed by atoms with Crippen molar-refractivity contribution in [3.05, 3.63) is 41.0 Å². The number of hydrogen-bond acceptors (Lipinski definition) is 4. The number of aromatic amines is 1. The van der Waals surface area contributed by atoms with Gasteiger partial charge in [-0.15, -0.1) is 0 Å². The highest BCUT2D eigenvalue weighted by atomic mass is 79.9. The molecule has 0 fully saturated rings. The zero-order valence-electron chi connectivity index (χ0n) is 9.22. The maximum Gasteiger partial charge on any atom is 0.260 e. The van der Waals surface area contributed by atoms with E-state index in [4.69, 9.17) is 10.3 Å². The molecule has 3 rings (SSSR count). The average molecular weight is 305 g/mol. The predicted octanol–water partition coefficient (Wildman–Crippen LogP) is 3.08. The number of hydrogen-bond donors (Lipinski definition) is 2. The molecule has 18 heavy (non-hydrogen) atoms. The zero-order chi connectivity index (χ0) is 12.5. The fourth-order valence-corrected chi connectivity index (χ4v) is 2.00. The molecule has 0 atom stereocenters. The second-order valence-electron chi connectivity index (χ2n) is 3.71. The summed E-state index contributed by atoms with van der Waals surface area (Å²) >= 11 is 3.37. The van der Waals surface area contributed by atoms with E-state index in [9.17, 15) is 0 Å². The quantitative estimate of drug-likeness (QED) is 0.713. The summed E-state index contributed by atoms with van der Waals surface area (Å²) in [5.41, 5.74) is 8.06. The van der Waals surface area contributed by atoms with Crippen LogP contribution in [-0.2, 0) is 0 Å². The van der Waals surface area contributed by atoms with Gasteiger partial charge in [-0.25, -0.2) is 0 Å². The van der Waals surface area contributed by atoms with Gasteiger partial charge < -0.3 is 15.2 Å². The maximum atomic E-state index is 5.96. The first-order valence-corrected chi connectivity index (χ1v) is 6.07. The van der Waals surface area contributed by atoms with Gasteiger partial charge >= 0.3 is 0 Å². The molecule has 0 aliphatic rings. The van der Waals surface area contributed by atoms with Gasteiger partial charge in [-0.2, -0.15) is 4.98 Å². The molecule has 0 aliphatic carbocycles. The zero-order valence-corrected chi connectivity index (χ0v) is 10.8. The van der Waals surface area contributed by atoms with Gasteiger partial charge in [-0.3, -0.25) is 0 Å². The van der Waals surface area contributed by atoms with Gasteiger partial charge in [0.15, 0.2) is 0 Å². The maximum absolute atomic E-state index is 5.96. The van der Waals surface area contributed by atoms with Crippen molar-refractivity contribution in [2.75, 3.05) is 5.73 Å².